The smallest absolute Gasteiger partial charge is 0.263 e. The Kier molecular flexibility index (Phi) is 2.24. The standard InChI is InChI=1S/C7H7FNOS/c1-9(2)7(10)6-3-5(8)4-11-6/h3H,1-2H3. The number of hydrogen-bond donors (Lipinski definition) is 0. The Morgan fingerprint density at radius 2 is 2.36 bits per heavy atom. The van der Waals surface area contributed by atoms with Gasteiger partial charge in [0.25, 0.3) is 5.91 Å². The predicted molar refractivity (Wildman–Crippen MR) is 41.1 cm³/mol. The van der Waals surface area contributed by atoms with E-state index in [1.165, 1.54) is 11.0 Å². The molecule has 0 saturated heterocycles. The number of halogens is 1. The molecule has 0 aliphatic rings. The zero-order chi connectivity index (χ0) is 8.43. The fourth-order valence-electron chi connectivity index (χ4n) is 0.604. The molecule has 2 nitrogen and oxygen atoms in total. The predicted octanol–water partition coefficient (Wildman–Crippen LogP) is 1.39. The van der Waals surface area contributed by atoms with Crippen LogP contribution in [-0.2, 0) is 0 Å². The number of hydrogen-bond acceptors (Lipinski definition) is 2. The van der Waals surface area contributed by atoms with Gasteiger partial charge in [-0.2, -0.15) is 0 Å². The van der Waals surface area contributed by atoms with Crippen molar-refractivity contribution in [2.45, 2.75) is 0 Å². The molecule has 1 aromatic heterocycles. The van der Waals surface area contributed by atoms with Crippen LogP contribution in [0.1, 0.15) is 9.67 Å². The summed E-state index contributed by atoms with van der Waals surface area (Å²) in [5.41, 5.74) is 0. The van der Waals surface area contributed by atoms with Gasteiger partial charge in [0.05, 0.1) is 10.3 Å². The number of thiophene rings is 1. The summed E-state index contributed by atoms with van der Waals surface area (Å²) in [5, 5.41) is 2.33. The quantitative estimate of drug-likeness (QED) is 0.626. The van der Waals surface area contributed by atoms with Crippen molar-refractivity contribution in [2.75, 3.05) is 14.1 Å². The molecule has 0 aromatic carbocycles. The fraction of sp³-hybridized carbons (Fsp3) is 0.286. The van der Waals surface area contributed by atoms with E-state index in [-0.39, 0.29) is 5.91 Å². The Balaban J connectivity index is 2.85. The zero-order valence-corrected chi connectivity index (χ0v) is 7.04. The summed E-state index contributed by atoms with van der Waals surface area (Å²) >= 11 is 0.995. The molecule has 0 unspecified atom stereocenters. The average Bonchev–Trinajstić information content (AvgIpc) is 2.34. The molecular formula is C7H7FNOS. The first-order chi connectivity index (χ1) is 5.11. The Hall–Kier alpha value is -0.900. The molecule has 0 aliphatic carbocycles. The maximum atomic E-state index is 12.3. The van der Waals surface area contributed by atoms with Crippen molar-refractivity contribution in [1.82, 2.24) is 4.90 Å². The van der Waals surface area contributed by atoms with E-state index in [0.29, 0.717) is 4.88 Å². The maximum Gasteiger partial charge on any atom is 0.263 e. The summed E-state index contributed by atoms with van der Waals surface area (Å²) in [7, 11) is 3.25. The van der Waals surface area contributed by atoms with Crippen LogP contribution >= 0.6 is 11.3 Å². The van der Waals surface area contributed by atoms with Gasteiger partial charge in [-0.3, -0.25) is 4.79 Å². The molecule has 4 heteroatoms. The Bertz CT molecular complexity index is 269. The largest absolute Gasteiger partial charge is 0.344 e. The van der Waals surface area contributed by atoms with Crippen LogP contribution in [-0.4, -0.2) is 24.9 Å². The van der Waals surface area contributed by atoms with Gasteiger partial charge in [0.1, 0.15) is 5.82 Å². The first-order valence-corrected chi connectivity index (χ1v) is 3.81. The van der Waals surface area contributed by atoms with Gasteiger partial charge in [0.15, 0.2) is 0 Å². The summed E-state index contributed by atoms with van der Waals surface area (Å²) in [6.45, 7) is 0. The van der Waals surface area contributed by atoms with E-state index < -0.39 is 5.82 Å². The van der Waals surface area contributed by atoms with Crippen molar-refractivity contribution in [3.63, 3.8) is 0 Å². The highest BCUT2D eigenvalue weighted by Gasteiger charge is 2.10. The van der Waals surface area contributed by atoms with E-state index in [2.05, 4.69) is 5.38 Å². The molecule has 0 fully saturated rings. The third-order valence-corrected chi connectivity index (χ3v) is 1.94. The minimum absolute atomic E-state index is 0.185. The minimum atomic E-state index is -0.472. The van der Waals surface area contributed by atoms with Gasteiger partial charge in [0.2, 0.25) is 0 Å². The number of nitrogens with zero attached hydrogens (tertiary/aromatic N) is 1. The van der Waals surface area contributed by atoms with Gasteiger partial charge in [-0.05, 0) is 6.07 Å². The SMILES string of the molecule is CN(C)C(=O)c1cc(F)[c]s1. The lowest BCUT2D eigenvalue weighted by Gasteiger charge is -2.06. The monoisotopic (exact) mass is 172 g/mol. The van der Waals surface area contributed by atoms with E-state index in [4.69, 9.17) is 0 Å². The summed E-state index contributed by atoms with van der Waals surface area (Å²) in [4.78, 5) is 12.9. The van der Waals surface area contributed by atoms with Crippen molar-refractivity contribution in [3.8, 4) is 0 Å². The van der Waals surface area contributed by atoms with Crippen molar-refractivity contribution in [1.29, 1.82) is 0 Å². The van der Waals surface area contributed by atoms with E-state index >= 15 is 0 Å². The normalized spacial score (nSPS) is 9.73. The number of amides is 1. The molecule has 0 aliphatic heterocycles. The molecular weight excluding hydrogens is 165 g/mol. The lowest BCUT2D eigenvalue weighted by atomic mass is 10.4. The highest BCUT2D eigenvalue weighted by Crippen LogP contribution is 2.13. The fourth-order valence-corrected chi connectivity index (χ4v) is 1.30. The first-order valence-electron chi connectivity index (χ1n) is 3.00. The third kappa shape index (κ3) is 1.77. The van der Waals surface area contributed by atoms with Crippen LogP contribution in [0, 0.1) is 11.2 Å². The summed E-state index contributed by atoms with van der Waals surface area (Å²) < 4.78 is 12.3. The first kappa shape index (κ1) is 8.20. The molecule has 0 bridgehead atoms. The van der Waals surface area contributed by atoms with Crippen LogP contribution in [0.4, 0.5) is 4.39 Å². The van der Waals surface area contributed by atoms with Gasteiger partial charge in [0, 0.05) is 14.1 Å². The van der Waals surface area contributed by atoms with Crippen molar-refractivity contribution >= 4 is 17.2 Å². The average molecular weight is 172 g/mol. The molecule has 0 saturated carbocycles. The molecule has 1 aromatic rings. The second kappa shape index (κ2) is 3.00. The highest BCUT2D eigenvalue weighted by atomic mass is 32.1. The van der Waals surface area contributed by atoms with Gasteiger partial charge < -0.3 is 4.90 Å². The summed E-state index contributed by atoms with van der Waals surface area (Å²) in [6, 6.07) is 1.19. The van der Waals surface area contributed by atoms with Gasteiger partial charge in [-0.15, -0.1) is 11.3 Å². The lowest BCUT2D eigenvalue weighted by molar-refractivity contribution is 0.0832. The van der Waals surface area contributed by atoms with E-state index in [1.807, 2.05) is 0 Å². The van der Waals surface area contributed by atoms with E-state index in [0.717, 1.165) is 11.3 Å². The van der Waals surface area contributed by atoms with Gasteiger partial charge in [-0.1, -0.05) is 0 Å². The van der Waals surface area contributed by atoms with E-state index in [1.54, 1.807) is 14.1 Å². The Morgan fingerprint density at radius 1 is 1.73 bits per heavy atom. The van der Waals surface area contributed by atoms with Crippen molar-refractivity contribution in [3.05, 3.63) is 22.1 Å². The molecule has 0 spiro atoms. The number of carbonyl (C=O) groups excluding carboxylic acids is 1. The van der Waals surface area contributed by atoms with Gasteiger partial charge >= 0.3 is 0 Å². The van der Waals surface area contributed by atoms with Crippen molar-refractivity contribution < 1.29 is 9.18 Å². The van der Waals surface area contributed by atoms with E-state index in [9.17, 15) is 9.18 Å². The second-order valence-electron chi connectivity index (χ2n) is 2.26. The van der Waals surface area contributed by atoms with Crippen LogP contribution in [0.25, 0.3) is 0 Å². The number of carbonyl (C=O) groups is 1. The van der Waals surface area contributed by atoms with Crippen LogP contribution in [0.15, 0.2) is 6.07 Å². The Morgan fingerprint density at radius 3 is 2.73 bits per heavy atom. The maximum absolute atomic E-state index is 12.3. The zero-order valence-electron chi connectivity index (χ0n) is 6.22. The molecule has 0 atom stereocenters. The molecule has 11 heavy (non-hydrogen) atoms. The third-order valence-electron chi connectivity index (χ3n) is 1.13. The Labute approximate surface area is 68.3 Å². The van der Waals surface area contributed by atoms with Gasteiger partial charge in [-0.25, -0.2) is 4.39 Å². The molecule has 1 heterocycles. The highest BCUT2D eigenvalue weighted by molar-refractivity contribution is 7.11. The minimum Gasteiger partial charge on any atom is -0.344 e. The van der Waals surface area contributed by atoms with Crippen LogP contribution < -0.4 is 0 Å². The van der Waals surface area contributed by atoms with Crippen molar-refractivity contribution in [2.24, 2.45) is 0 Å². The molecule has 1 radical (unpaired) electrons. The van der Waals surface area contributed by atoms with Crippen LogP contribution in [0.2, 0.25) is 0 Å². The molecule has 1 rings (SSSR count). The summed E-state index contributed by atoms with van der Waals surface area (Å²) in [5.74, 6) is -0.657. The molecule has 59 valence electrons. The van der Waals surface area contributed by atoms with Crippen LogP contribution in [0.5, 0.6) is 0 Å². The molecule has 0 N–H and O–H groups in total. The van der Waals surface area contributed by atoms with Crippen LogP contribution in [0.3, 0.4) is 0 Å². The second-order valence-corrected chi connectivity index (χ2v) is 3.11. The lowest BCUT2D eigenvalue weighted by Crippen LogP contribution is -2.20. The number of rotatable bonds is 1. The summed E-state index contributed by atoms with van der Waals surface area (Å²) in [6.07, 6.45) is 0. The topological polar surface area (TPSA) is 20.3 Å². The molecule has 1 amide bonds.